The highest BCUT2D eigenvalue weighted by Crippen LogP contribution is 2.41. The van der Waals surface area contributed by atoms with Crippen LogP contribution in [0, 0.1) is 0 Å². The van der Waals surface area contributed by atoms with Gasteiger partial charge in [0.1, 0.15) is 11.5 Å². The van der Waals surface area contributed by atoms with Crippen molar-refractivity contribution in [2.45, 2.75) is 20.3 Å². The molecule has 4 rings (SSSR count). The molecule has 0 aliphatic carbocycles. The fraction of sp³-hybridized carbons (Fsp3) is 0.276. The molecule has 0 unspecified atom stereocenters. The maximum atomic E-state index is 13.7. The first-order valence-corrected chi connectivity index (χ1v) is 12.6. The zero-order valence-electron chi connectivity index (χ0n) is 20.0. The molecule has 0 bridgehead atoms. The molecule has 0 fully saturated rings. The Bertz CT molecular complexity index is 1230. The van der Waals surface area contributed by atoms with Gasteiger partial charge in [0, 0.05) is 32.6 Å². The van der Waals surface area contributed by atoms with Crippen molar-refractivity contribution in [3.05, 3.63) is 83.9 Å². The minimum Gasteiger partial charge on any atom is -0.497 e. The van der Waals surface area contributed by atoms with Crippen LogP contribution in [0.25, 0.3) is 20.5 Å². The van der Waals surface area contributed by atoms with Crippen molar-refractivity contribution in [2.75, 3.05) is 33.4 Å². The van der Waals surface area contributed by atoms with Gasteiger partial charge in [0.2, 0.25) is 0 Å². The third kappa shape index (κ3) is 5.32. The summed E-state index contributed by atoms with van der Waals surface area (Å²) >= 11 is 1.62. The first-order chi connectivity index (χ1) is 16.6. The van der Waals surface area contributed by atoms with E-state index in [-0.39, 0.29) is 5.78 Å². The molecule has 1 heterocycles. The van der Waals surface area contributed by atoms with Gasteiger partial charge in [-0.05, 0) is 67.5 Å². The van der Waals surface area contributed by atoms with Crippen LogP contribution in [0.5, 0.6) is 11.5 Å². The summed E-state index contributed by atoms with van der Waals surface area (Å²) in [6, 6.07) is 23.5. The highest BCUT2D eigenvalue weighted by Gasteiger charge is 2.22. The fourth-order valence-electron chi connectivity index (χ4n) is 4.09. The van der Waals surface area contributed by atoms with E-state index in [9.17, 15) is 4.79 Å². The number of nitrogens with zero attached hydrogens (tertiary/aromatic N) is 1. The molecule has 176 valence electrons. The van der Waals surface area contributed by atoms with Crippen LogP contribution in [0.4, 0.5) is 0 Å². The van der Waals surface area contributed by atoms with Crippen molar-refractivity contribution < 1.29 is 14.3 Å². The summed E-state index contributed by atoms with van der Waals surface area (Å²) in [7, 11) is 1.66. The predicted molar refractivity (Wildman–Crippen MR) is 142 cm³/mol. The number of methoxy groups -OCH3 is 1. The van der Waals surface area contributed by atoms with Gasteiger partial charge in [0.25, 0.3) is 0 Å². The first-order valence-electron chi connectivity index (χ1n) is 11.8. The summed E-state index contributed by atoms with van der Waals surface area (Å²) in [6.07, 6.45) is 0.979. The van der Waals surface area contributed by atoms with Crippen molar-refractivity contribution in [3.63, 3.8) is 0 Å². The van der Waals surface area contributed by atoms with E-state index < -0.39 is 0 Å². The van der Waals surface area contributed by atoms with Crippen LogP contribution in [-0.4, -0.2) is 44.0 Å². The van der Waals surface area contributed by atoms with Crippen molar-refractivity contribution in [3.8, 4) is 21.9 Å². The minimum atomic E-state index is 0.0170. The van der Waals surface area contributed by atoms with E-state index >= 15 is 0 Å². The molecular formula is C29H31NO3S. The molecule has 1 aromatic heterocycles. The molecular weight excluding hydrogens is 442 g/mol. The van der Waals surface area contributed by atoms with Crippen molar-refractivity contribution >= 4 is 27.2 Å². The van der Waals surface area contributed by atoms with E-state index in [0.29, 0.717) is 12.2 Å². The topological polar surface area (TPSA) is 38.8 Å². The molecule has 0 N–H and O–H groups in total. The van der Waals surface area contributed by atoms with E-state index in [2.05, 4.69) is 18.7 Å². The van der Waals surface area contributed by atoms with Crippen molar-refractivity contribution in [1.82, 2.24) is 4.90 Å². The van der Waals surface area contributed by atoms with E-state index in [1.54, 1.807) is 18.4 Å². The zero-order chi connectivity index (χ0) is 23.9. The van der Waals surface area contributed by atoms with Gasteiger partial charge >= 0.3 is 0 Å². The first kappa shape index (κ1) is 24.0. The summed E-state index contributed by atoms with van der Waals surface area (Å²) in [6.45, 7) is 8.17. The Morgan fingerprint density at radius 3 is 2.29 bits per heavy atom. The number of benzene rings is 3. The number of ether oxygens (including phenoxy) is 2. The number of rotatable bonds is 11. The molecule has 0 aliphatic rings. The normalized spacial score (nSPS) is 11.2. The number of fused-ring (bicyclic) bond motifs is 1. The third-order valence-electron chi connectivity index (χ3n) is 6.06. The van der Waals surface area contributed by atoms with Gasteiger partial charge in [0.05, 0.1) is 13.7 Å². The van der Waals surface area contributed by atoms with E-state index in [4.69, 9.17) is 9.47 Å². The van der Waals surface area contributed by atoms with Crippen LogP contribution in [0.2, 0.25) is 0 Å². The monoisotopic (exact) mass is 473 g/mol. The van der Waals surface area contributed by atoms with E-state index in [1.807, 2.05) is 72.8 Å². The van der Waals surface area contributed by atoms with E-state index in [1.165, 1.54) is 0 Å². The van der Waals surface area contributed by atoms with Gasteiger partial charge in [0.15, 0.2) is 5.78 Å². The second-order valence-corrected chi connectivity index (χ2v) is 9.17. The fourth-order valence-corrected chi connectivity index (χ4v) is 5.32. The molecule has 0 saturated carbocycles. The van der Waals surface area contributed by atoms with Crippen molar-refractivity contribution in [2.24, 2.45) is 0 Å². The lowest BCUT2D eigenvalue weighted by Crippen LogP contribution is -2.25. The number of hydrogen-bond donors (Lipinski definition) is 0. The highest BCUT2D eigenvalue weighted by atomic mass is 32.1. The molecule has 0 saturated heterocycles. The number of hydrogen-bond acceptors (Lipinski definition) is 5. The number of carbonyl (C=O) groups excluding carboxylic acids is 1. The number of carbonyl (C=O) groups is 1. The third-order valence-corrected chi connectivity index (χ3v) is 7.26. The predicted octanol–water partition coefficient (Wildman–Crippen LogP) is 6.92. The summed E-state index contributed by atoms with van der Waals surface area (Å²) in [5.74, 6) is 1.59. The number of thiophene rings is 1. The quantitative estimate of drug-likeness (QED) is 0.175. The molecule has 4 nitrogen and oxygen atoms in total. The van der Waals surface area contributed by atoms with Gasteiger partial charge in [-0.3, -0.25) is 4.79 Å². The highest BCUT2D eigenvalue weighted by molar-refractivity contribution is 7.22. The Kier molecular flexibility index (Phi) is 7.99. The second kappa shape index (κ2) is 11.3. The van der Waals surface area contributed by atoms with Crippen LogP contribution < -0.4 is 9.47 Å². The average Bonchev–Trinajstić information content (AvgIpc) is 3.28. The van der Waals surface area contributed by atoms with Crippen LogP contribution in [0.3, 0.4) is 0 Å². The second-order valence-electron chi connectivity index (χ2n) is 8.12. The van der Waals surface area contributed by atoms with Gasteiger partial charge in [-0.25, -0.2) is 0 Å². The maximum Gasteiger partial charge on any atom is 0.195 e. The molecule has 4 aromatic rings. The van der Waals surface area contributed by atoms with Gasteiger partial charge in [-0.2, -0.15) is 0 Å². The Hall–Kier alpha value is -3.15. The standard InChI is InChI=1S/C29H31NO3S/c1-4-30(5-2)18-9-19-33-23-14-12-21(13-15-23)28(31)27-25-17-16-24(32-3)20-26(25)34-29(27)22-10-7-6-8-11-22/h6-8,10-17,20H,4-5,9,18-19H2,1-3H3. The molecule has 5 heteroatoms. The smallest absolute Gasteiger partial charge is 0.195 e. The molecule has 0 aliphatic heterocycles. The lowest BCUT2D eigenvalue weighted by atomic mass is 9.97. The summed E-state index contributed by atoms with van der Waals surface area (Å²) in [5, 5.41) is 0.950. The maximum absolute atomic E-state index is 13.7. The largest absolute Gasteiger partial charge is 0.497 e. The molecule has 3 aromatic carbocycles. The zero-order valence-corrected chi connectivity index (χ0v) is 20.9. The SMILES string of the molecule is CCN(CC)CCCOc1ccc(C(=O)c2c(-c3ccccc3)sc3cc(OC)ccc23)cc1. The Balaban J connectivity index is 1.57. The van der Waals surface area contributed by atoms with E-state index in [0.717, 1.165) is 63.6 Å². The van der Waals surface area contributed by atoms with Gasteiger partial charge in [-0.15, -0.1) is 11.3 Å². The van der Waals surface area contributed by atoms with Crippen LogP contribution >= 0.6 is 11.3 Å². The molecule has 34 heavy (non-hydrogen) atoms. The van der Waals surface area contributed by atoms with Gasteiger partial charge in [-0.1, -0.05) is 44.2 Å². The minimum absolute atomic E-state index is 0.0170. The Morgan fingerprint density at radius 2 is 1.62 bits per heavy atom. The van der Waals surface area contributed by atoms with Crippen molar-refractivity contribution in [1.29, 1.82) is 0 Å². The van der Waals surface area contributed by atoms with Crippen LogP contribution in [-0.2, 0) is 0 Å². The molecule has 0 amide bonds. The number of ketones is 1. The van der Waals surface area contributed by atoms with Gasteiger partial charge < -0.3 is 14.4 Å². The molecule has 0 atom stereocenters. The lowest BCUT2D eigenvalue weighted by molar-refractivity contribution is 0.104. The van der Waals surface area contributed by atoms with Crippen LogP contribution in [0.15, 0.2) is 72.8 Å². The summed E-state index contributed by atoms with van der Waals surface area (Å²) < 4.78 is 12.4. The molecule has 0 radical (unpaired) electrons. The average molecular weight is 474 g/mol. The molecule has 0 spiro atoms. The Morgan fingerprint density at radius 1 is 0.912 bits per heavy atom. The summed E-state index contributed by atoms with van der Waals surface area (Å²) in [5.41, 5.74) is 2.43. The summed E-state index contributed by atoms with van der Waals surface area (Å²) in [4.78, 5) is 17.1. The Labute approximate surface area is 205 Å². The van der Waals surface area contributed by atoms with Crippen LogP contribution in [0.1, 0.15) is 36.2 Å². The lowest BCUT2D eigenvalue weighted by Gasteiger charge is -2.17.